The summed E-state index contributed by atoms with van der Waals surface area (Å²) in [7, 11) is 1.70. The number of benzene rings is 1. The van der Waals surface area contributed by atoms with E-state index in [2.05, 4.69) is 12.2 Å². The number of halogens is 1. The van der Waals surface area contributed by atoms with Gasteiger partial charge in [-0.25, -0.2) is 4.39 Å². The van der Waals surface area contributed by atoms with E-state index in [4.69, 9.17) is 9.47 Å². The molecule has 0 saturated heterocycles. The van der Waals surface area contributed by atoms with Crippen LogP contribution in [0.1, 0.15) is 25.3 Å². The van der Waals surface area contributed by atoms with E-state index in [1.54, 1.807) is 19.2 Å². The molecule has 1 saturated carbocycles. The van der Waals surface area contributed by atoms with E-state index in [0.717, 1.165) is 19.4 Å². The molecule has 3 atom stereocenters. The molecule has 0 amide bonds. The maximum absolute atomic E-state index is 13.5. The predicted octanol–water partition coefficient (Wildman–Crippen LogP) is 2.50. The standard InChI is InChI=1S/C15H22FNO2/c1-3-8-17-13-9-14(15(13)18-2)19-10-11-6-4-5-7-12(11)16/h4-7,13-15,17H,3,8-10H2,1-2H3. The van der Waals surface area contributed by atoms with Crippen molar-refractivity contribution in [3.63, 3.8) is 0 Å². The molecule has 3 nitrogen and oxygen atoms in total. The van der Waals surface area contributed by atoms with Crippen molar-refractivity contribution in [2.45, 2.75) is 44.6 Å². The van der Waals surface area contributed by atoms with E-state index in [0.29, 0.717) is 18.2 Å². The largest absolute Gasteiger partial charge is 0.377 e. The van der Waals surface area contributed by atoms with Crippen LogP contribution in [0.15, 0.2) is 24.3 Å². The first-order valence-electron chi connectivity index (χ1n) is 6.87. The average molecular weight is 267 g/mol. The van der Waals surface area contributed by atoms with E-state index < -0.39 is 0 Å². The smallest absolute Gasteiger partial charge is 0.128 e. The van der Waals surface area contributed by atoms with E-state index in [1.165, 1.54) is 6.07 Å². The number of ether oxygens (including phenoxy) is 2. The number of hydrogen-bond donors (Lipinski definition) is 1. The van der Waals surface area contributed by atoms with Gasteiger partial charge in [0, 0.05) is 18.7 Å². The number of hydrogen-bond acceptors (Lipinski definition) is 3. The zero-order valence-corrected chi connectivity index (χ0v) is 11.6. The van der Waals surface area contributed by atoms with Gasteiger partial charge in [-0.2, -0.15) is 0 Å². The molecule has 4 heteroatoms. The molecule has 0 bridgehead atoms. The first-order chi connectivity index (χ1) is 9.26. The maximum atomic E-state index is 13.5. The van der Waals surface area contributed by atoms with Crippen LogP contribution in [0.4, 0.5) is 4.39 Å². The highest BCUT2D eigenvalue weighted by atomic mass is 19.1. The molecule has 0 spiro atoms. The third-order valence-electron chi connectivity index (χ3n) is 3.59. The topological polar surface area (TPSA) is 30.5 Å². The van der Waals surface area contributed by atoms with Gasteiger partial charge in [-0.15, -0.1) is 0 Å². The normalized spacial score (nSPS) is 26.2. The van der Waals surface area contributed by atoms with Gasteiger partial charge in [0.25, 0.3) is 0 Å². The van der Waals surface area contributed by atoms with Gasteiger partial charge in [0.1, 0.15) is 5.82 Å². The van der Waals surface area contributed by atoms with Crippen molar-refractivity contribution in [3.8, 4) is 0 Å². The van der Waals surface area contributed by atoms with Crippen molar-refractivity contribution in [1.82, 2.24) is 5.32 Å². The molecule has 3 unspecified atom stereocenters. The van der Waals surface area contributed by atoms with E-state index in [-0.39, 0.29) is 18.0 Å². The molecule has 1 aromatic carbocycles. The highest BCUT2D eigenvalue weighted by Gasteiger charge is 2.41. The van der Waals surface area contributed by atoms with Gasteiger partial charge in [-0.1, -0.05) is 25.1 Å². The van der Waals surface area contributed by atoms with Gasteiger partial charge in [0.05, 0.1) is 18.8 Å². The summed E-state index contributed by atoms with van der Waals surface area (Å²) in [6.07, 6.45) is 2.15. The monoisotopic (exact) mass is 267 g/mol. The summed E-state index contributed by atoms with van der Waals surface area (Å²) in [4.78, 5) is 0. The minimum absolute atomic E-state index is 0.0546. The molecule has 106 valence electrons. The van der Waals surface area contributed by atoms with E-state index in [1.807, 2.05) is 6.07 Å². The van der Waals surface area contributed by atoms with Crippen LogP contribution in [0.2, 0.25) is 0 Å². The number of rotatable bonds is 7. The van der Waals surface area contributed by atoms with Crippen LogP contribution in [0, 0.1) is 5.82 Å². The fourth-order valence-corrected chi connectivity index (χ4v) is 2.40. The molecule has 1 aliphatic carbocycles. The van der Waals surface area contributed by atoms with Gasteiger partial charge < -0.3 is 14.8 Å². The Kier molecular flexibility index (Phi) is 5.31. The second-order valence-electron chi connectivity index (χ2n) is 4.94. The lowest BCUT2D eigenvalue weighted by molar-refractivity contribution is -0.139. The Bertz CT molecular complexity index is 399. The zero-order valence-electron chi connectivity index (χ0n) is 11.6. The molecule has 0 aliphatic heterocycles. The van der Waals surface area contributed by atoms with Crippen molar-refractivity contribution in [2.75, 3.05) is 13.7 Å². The summed E-state index contributed by atoms with van der Waals surface area (Å²) in [6, 6.07) is 7.07. The van der Waals surface area contributed by atoms with Gasteiger partial charge in [0.15, 0.2) is 0 Å². The highest BCUT2D eigenvalue weighted by Crippen LogP contribution is 2.28. The lowest BCUT2D eigenvalue weighted by Crippen LogP contribution is -2.59. The highest BCUT2D eigenvalue weighted by molar-refractivity contribution is 5.16. The Hall–Kier alpha value is -0.970. The van der Waals surface area contributed by atoms with Gasteiger partial charge in [0.2, 0.25) is 0 Å². The minimum atomic E-state index is -0.212. The maximum Gasteiger partial charge on any atom is 0.128 e. The fourth-order valence-electron chi connectivity index (χ4n) is 2.40. The Labute approximate surface area is 114 Å². The molecule has 2 rings (SSSR count). The molecule has 1 N–H and O–H groups in total. The fraction of sp³-hybridized carbons (Fsp3) is 0.600. The zero-order chi connectivity index (χ0) is 13.7. The van der Waals surface area contributed by atoms with Crippen LogP contribution in [0.25, 0.3) is 0 Å². The summed E-state index contributed by atoms with van der Waals surface area (Å²) in [6.45, 7) is 3.43. The van der Waals surface area contributed by atoms with E-state index >= 15 is 0 Å². The lowest BCUT2D eigenvalue weighted by atomic mass is 9.85. The van der Waals surface area contributed by atoms with Crippen LogP contribution in [-0.4, -0.2) is 31.9 Å². The van der Waals surface area contributed by atoms with Gasteiger partial charge in [-0.05, 0) is 25.5 Å². The second-order valence-corrected chi connectivity index (χ2v) is 4.94. The quantitative estimate of drug-likeness (QED) is 0.823. The molecule has 1 fully saturated rings. The van der Waals surface area contributed by atoms with Crippen LogP contribution < -0.4 is 5.32 Å². The molecule has 1 aromatic rings. The average Bonchev–Trinajstić information content (AvgIpc) is 2.39. The van der Waals surface area contributed by atoms with Crippen LogP contribution in [0.3, 0.4) is 0 Å². The Morgan fingerprint density at radius 3 is 2.84 bits per heavy atom. The van der Waals surface area contributed by atoms with Gasteiger partial charge in [-0.3, -0.25) is 0 Å². The third kappa shape index (κ3) is 3.53. The van der Waals surface area contributed by atoms with Crippen molar-refractivity contribution < 1.29 is 13.9 Å². The molecule has 0 heterocycles. The van der Waals surface area contributed by atoms with Crippen molar-refractivity contribution in [3.05, 3.63) is 35.6 Å². The molecule has 0 radical (unpaired) electrons. The first-order valence-corrected chi connectivity index (χ1v) is 6.87. The van der Waals surface area contributed by atoms with Crippen LogP contribution in [-0.2, 0) is 16.1 Å². The summed E-state index contributed by atoms with van der Waals surface area (Å²) in [5.74, 6) is -0.212. The summed E-state index contributed by atoms with van der Waals surface area (Å²) in [5.41, 5.74) is 0.599. The molecule has 19 heavy (non-hydrogen) atoms. The number of nitrogens with one attached hydrogen (secondary N) is 1. The summed E-state index contributed by atoms with van der Waals surface area (Å²) in [5, 5.41) is 3.43. The Balaban J connectivity index is 1.80. The van der Waals surface area contributed by atoms with Crippen molar-refractivity contribution >= 4 is 0 Å². The van der Waals surface area contributed by atoms with Crippen molar-refractivity contribution in [1.29, 1.82) is 0 Å². The number of methoxy groups -OCH3 is 1. The SMILES string of the molecule is CCCNC1CC(OCc2ccccc2F)C1OC. The lowest BCUT2D eigenvalue weighted by Gasteiger charge is -2.43. The molecular weight excluding hydrogens is 245 g/mol. The molecule has 0 aromatic heterocycles. The second kappa shape index (κ2) is 6.98. The van der Waals surface area contributed by atoms with Crippen LogP contribution >= 0.6 is 0 Å². The molecular formula is C15H22FNO2. The van der Waals surface area contributed by atoms with E-state index in [9.17, 15) is 4.39 Å². The molecule has 1 aliphatic rings. The van der Waals surface area contributed by atoms with Gasteiger partial charge >= 0.3 is 0 Å². The Morgan fingerprint density at radius 2 is 2.16 bits per heavy atom. The first kappa shape index (κ1) is 14.4. The Morgan fingerprint density at radius 1 is 1.37 bits per heavy atom. The van der Waals surface area contributed by atoms with Crippen LogP contribution in [0.5, 0.6) is 0 Å². The summed E-state index contributed by atoms with van der Waals surface area (Å²) < 4.78 is 24.7. The van der Waals surface area contributed by atoms with Crippen molar-refractivity contribution in [2.24, 2.45) is 0 Å². The summed E-state index contributed by atoms with van der Waals surface area (Å²) >= 11 is 0. The minimum Gasteiger partial charge on any atom is -0.377 e. The predicted molar refractivity (Wildman–Crippen MR) is 72.5 cm³/mol. The third-order valence-corrected chi connectivity index (χ3v) is 3.59.